The Balaban J connectivity index is 2.20. The summed E-state index contributed by atoms with van der Waals surface area (Å²) in [5, 5.41) is 2.88. The molecule has 0 aromatic heterocycles. The summed E-state index contributed by atoms with van der Waals surface area (Å²) in [5.74, 6) is -0.230. The van der Waals surface area contributed by atoms with Gasteiger partial charge in [-0.1, -0.05) is 19.3 Å². The topological polar surface area (TPSA) is 81.4 Å². The summed E-state index contributed by atoms with van der Waals surface area (Å²) in [6.45, 7) is 2.70. The van der Waals surface area contributed by atoms with Crippen LogP contribution in [0.15, 0.2) is 0 Å². The average Bonchev–Trinajstić information content (AvgIpc) is 2.59. The van der Waals surface area contributed by atoms with Gasteiger partial charge < -0.3 is 15.8 Å². The summed E-state index contributed by atoms with van der Waals surface area (Å²) >= 11 is 0. The van der Waals surface area contributed by atoms with Crippen molar-refractivity contribution in [3.63, 3.8) is 0 Å². The zero-order chi connectivity index (χ0) is 14.1. The number of hydrogen-bond donors (Lipinski definition) is 2. The van der Waals surface area contributed by atoms with Crippen LogP contribution in [-0.2, 0) is 14.3 Å². The molecule has 2 atom stereocenters. The molecule has 0 bridgehead atoms. The molecule has 0 aliphatic heterocycles. The molecule has 2 unspecified atom stereocenters. The second-order valence-electron chi connectivity index (χ2n) is 5.11. The van der Waals surface area contributed by atoms with Crippen LogP contribution >= 0.6 is 0 Å². The van der Waals surface area contributed by atoms with E-state index in [2.05, 4.69) is 5.32 Å². The van der Waals surface area contributed by atoms with Crippen LogP contribution in [-0.4, -0.2) is 31.1 Å². The van der Waals surface area contributed by atoms with Crippen LogP contribution in [0.2, 0.25) is 0 Å². The Morgan fingerprint density at radius 3 is 2.74 bits per heavy atom. The monoisotopic (exact) mass is 270 g/mol. The fraction of sp³-hybridized carbons (Fsp3) is 0.857. The van der Waals surface area contributed by atoms with E-state index in [0.717, 1.165) is 25.7 Å². The fourth-order valence-electron chi connectivity index (χ4n) is 2.47. The SMILES string of the molecule is CCOC(=O)CCCNC(=O)C1CCCCCC1N. The zero-order valence-corrected chi connectivity index (χ0v) is 11.8. The molecule has 1 aliphatic carbocycles. The van der Waals surface area contributed by atoms with Crippen molar-refractivity contribution in [3.8, 4) is 0 Å². The van der Waals surface area contributed by atoms with E-state index in [1.54, 1.807) is 6.92 Å². The number of carbonyl (C=O) groups excluding carboxylic acids is 2. The van der Waals surface area contributed by atoms with Gasteiger partial charge >= 0.3 is 5.97 Å². The second kappa shape index (κ2) is 8.91. The van der Waals surface area contributed by atoms with Crippen molar-refractivity contribution in [2.45, 2.75) is 57.9 Å². The lowest BCUT2D eigenvalue weighted by molar-refractivity contribution is -0.143. The molecule has 110 valence electrons. The van der Waals surface area contributed by atoms with E-state index < -0.39 is 0 Å². The molecule has 0 aromatic carbocycles. The molecular weight excluding hydrogens is 244 g/mol. The average molecular weight is 270 g/mol. The number of ether oxygens (including phenoxy) is 1. The highest BCUT2D eigenvalue weighted by molar-refractivity contribution is 5.79. The summed E-state index contributed by atoms with van der Waals surface area (Å²) < 4.78 is 4.83. The van der Waals surface area contributed by atoms with Gasteiger partial charge in [0.1, 0.15) is 0 Å². The molecule has 5 heteroatoms. The van der Waals surface area contributed by atoms with Gasteiger partial charge in [0, 0.05) is 19.0 Å². The summed E-state index contributed by atoms with van der Waals surface area (Å²) in [6, 6.07) is -0.0208. The molecule has 1 aliphatic rings. The number of amides is 1. The molecule has 1 saturated carbocycles. The summed E-state index contributed by atoms with van der Waals surface area (Å²) in [6.07, 6.45) is 6.14. The minimum Gasteiger partial charge on any atom is -0.466 e. The van der Waals surface area contributed by atoms with Crippen LogP contribution in [0, 0.1) is 5.92 Å². The molecule has 0 radical (unpaired) electrons. The lowest BCUT2D eigenvalue weighted by Crippen LogP contribution is -2.41. The summed E-state index contributed by atoms with van der Waals surface area (Å²) in [4.78, 5) is 23.2. The molecule has 5 nitrogen and oxygen atoms in total. The lowest BCUT2D eigenvalue weighted by atomic mass is 9.94. The zero-order valence-electron chi connectivity index (χ0n) is 11.8. The summed E-state index contributed by atoms with van der Waals surface area (Å²) in [7, 11) is 0. The Morgan fingerprint density at radius 2 is 2.00 bits per heavy atom. The first kappa shape index (κ1) is 16.0. The molecule has 0 heterocycles. The molecule has 0 spiro atoms. The van der Waals surface area contributed by atoms with Crippen LogP contribution in [0.5, 0.6) is 0 Å². The number of nitrogens with one attached hydrogen (secondary N) is 1. The van der Waals surface area contributed by atoms with Crippen molar-refractivity contribution in [2.75, 3.05) is 13.2 Å². The van der Waals surface area contributed by atoms with E-state index in [9.17, 15) is 9.59 Å². The Bertz CT molecular complexity index is 294. The lowest BCUT2D eigenvalue weighted by Gasteiger charge is -2.20. The Labute approximate surface area is 115 Å². The number of hydrogen-bond acceptors (Lipinski definition) is 4. The number of esters is 1. The van der Waals surface area contributed by atoms with Crippen LogP contribution in [0.1, 0.15) is 51.9 Å². The summed E-state index contributed by atoms with van der Waals surface area (Å²) in [5.41, 5.74) is 6.04. The van der Waals surface area contributed by atoms with Gasteiger partial charge in [0.15, 0.2) is 0 Å². The van der Waals surface area contributed by atoms with Gasteiger partial charge in [-0.3, -0.25) is 9.59 Å². The quantitative estimate of drug-likeness (QED) is 0.434. The van der Waals surface area contributed by atoms with Crippen LogP contribution in [0.25, 0.3) is 0 Å². The highest BCUT2D eigenvalue weighted by atomic mass is 16.5. The van der Waals surface area contributed by atoms with Crippen LogP contribution < -0.4 is 11.1 Å². The molecule has 19 heavy (non-hydrogen) atoms. The third-order valence-electron chi connectivity index (χ3n) is 3.57. The van der Waals surface area contributed by atoms with E-state index >= 15 is 0 Å². The maximum atomic E-state index is 12.0. The molecular formula is C14H26N2O3. The molecule has 0 aromatic rings. The van der Waals surface area contributed by atoms with Gasteiger partial charge in [-0.05, 0) is 26.2 Å². The number of rotatable bonds is 6. The smallest absolute Gasteiger partial charge is 0.305 e. The van der Waals surface area contributed by atoms with Gasteiger partial charge in [-0.2, -0.15) is 0 Å². The fourth-order valence-corrected chi connectivity index (χ4v) is 2.47. The minimum absolute atomic E-state index is 0.0208. The van der Waals surface area contributed by atoms with E-state index in [4.69, 9.17) is 10.5 Å². The first-order valence-corrected chi connectivity index (χ1v) is 7.34. The highest BCUT2D eigenvalue weighted by Crippen LogP contribution is 2.22. The van der Waals surface area contributed by atoms with Gasteiger partial charge in [0.05, 0.1) is 12.5 Å². The molecule has 3 N–H and O–H groups in total. The normalized spacial score (nSPS) is 23.5. The molecule has 0 saturated heterocycles. The van der Waals surface area contributed by atoms with Crippen molar-refractivity contribution in [1.29, 1.82) is 0 Å². The van der Waals surface area contributed by atoms with E-state index in [1.807, 2.05) is 0 Å². The number of carbonyl (C=O) groups is 2. The van der Waals surface area contributed by atoms with Gasteiger partial charge in [0.2, 0.25) is 5.91 Å². The second-order valence-corrected chi connectivity index (χ2v) is 5.11. The Hall–Kier alpha value is -1.10. The van der Waals surface area contributed by atoms with Gasteiger partial charge in [-0.25, -0.2) is 0 Å². The molecule has 1 rings (SSSR count). The third-order valence-corrected chi connectivity index (χ3v) is 3.57. The standard InChI is InChI=1S/C14H26N2O3/c1-2-19-13(17)9-6-10-16-14(18)11-7-4-3-5-8-12(11)15/h11-12H,2-10,15H2,1H3,(H,16,18). The first-order valence-electron chi connectivity index (χ1n) is 7.34. The predicted octanol–water partition coefficient (Wildman–Crippen LogP) is 1.35. The predicted molar refractivity (Wildman–Crippen MR) is 73.4 cm³/mol. The van der Waals surface area contributed by atoms with Crippen molar-refractivity contribution >= 4 is 11.9 Å². The van der Waals surface area contributed by atoms with E-state index in [1.165, 1.54) is 6.42 Å². The van der Waals surface area contributed by atoms with Crippen molar-refractivity contribution in [2.24, 2.45) is 11.7 Å². The third kappa shape index (κ3) is 6.05. The maximum absolute atomic E-state index is 12.0. The molecule has 1 fully saturated rings. The minimum atomic E-state index is -0.206. The van der Waals surface area contributed by atoms with Crippen molar-refractivity contribution in [3.05, 3.63) is 0 Å². The molecule has 1 amide bonds. The number of nitrogens with two attached hydrogens (primary N) is 1. The largest absolute Gasteiger partial charge is 0.466 e. The highest BCUT2D eigenvalue weighted by Gasteiger charge is 2.26. The van der Waals surface area contributed by atoms with Gasteiger partial charge in [-0.15, -0.1) is 0 Å². The van der Waals surface area contributed by atoms with E-state index in [0.29, 0.717) is 26.0 Å². The van der Waals surface area contributed by atoms with Crippen molar-refractivity contribution in [1.82, 2.24) is 5.32 Å². The van der Waals surface area contributed by atoms with E-state index in [-0.39, 0.29) is 23.8 Å². The Kier molecular flexibility index (Phi) is 7.48. The van der Waals surface area contributed by atoms with Crippen molar-refractivity contribution < 1.29 is 14.3 Å². The first-order chi connectivity index (χ1) is 9.15. The van der Waals surface area contributed by atoms with Gasteiger partial charge in [0.25, 0.3) is 0 Å². The van der Waals surface area contributed by atoms with Crippen LogP contribution in [0.3, 0.4) is 0 Å². The Morgan fingerprint density at radius 1 is 1.26 bits per heavy atom. The maximum Gasteiger partial charge on any atom is 0.305 e. The van der Waals surface area contributed by atoms with Crippen LogP contribution in [0.4, 0.5) is 0 Å².